The van der Waals surface area contributed by atoms with Gasteiger partial charge in [-0.25, -0.2) is 0 Å². The number of likely N-dealkylation sites (tertiary alicyclic amines) is 1. The van der Waals surface area contributed by atoms with Crippen LogP contribution < -0.4 is 4.74 Å². The van der Waals surface area contributed by atoms with Gasteiger partial charge in [-0.1, -0.05) is 52.0 Å². The number of carbonyl (C=O) groups is 2. The highest BCUT2D eigenvalue weighted by molar-refractivity contribution is 6.46. The number of morpholine rings is 1. The van der Waals surface area contributed by atoms with Gasteiger partial charge in [0.1, 0.15) is 11.5 Å². The molecule has 7 nitrogen and oxygen atoms in total. The second kappa shape index (κ2) is 11.7. The molecule has 4 rings (SSSR count). The number of amides is 1. The van der Waals surface area contributed by atoms with Gasteiger partial charge < -0.3 is 19.5 Å². The molecule has 2 aliphatic rings. The number of hydrogen-bond acceptors (Lipinski definition) is 6. The topological polar surface area (TPSA) is 79.3 Å². The van der Waals surface area contributed by atoms with Gasteiger partial charge in [0.15, 0.2) is 0 Å². The van der Waals surface area contributed by atoms with Gasteiger partial charge in [0, 0.05) is 31.7 Å². The third kappa shape index (κ3) is 5.94. The predicted octanol–water partition coefficient (Wildman–Crippen LogP) is 4.84. The first-order valence-electron chi connectivity index (χ1n) is 13.5. The molecule has 38 heavy (non-hydrogen) atoms. The first-order chi connectivity index (χ1) is 18.1. The lowest BCUT2D eigenvalue weighted by molar-refractivity contribution is -0.140. The summed E-state index contributed by atoms with van der Waals surface area (Å²) in [4.78, 5) is 30.6. The number of ether oxygens (including phenoxy) is 2. The molecule has 2 saturated heterocycles. The lowest BCUT2D eigenvalue weighted by Gasteiger charge is -2.31. The lowest BCUT2D eigenvalue weighted by Crippen LogP contribution is -2.42. The van der Waals surface area contributed by atoms with Crippen molar-refractivity contribution < 1.29 is 24.2 Å². The maximum atomic E-state index is 13.4. The molecule has 0 unspecified atom stereocenters. The van der Waals surface area contributed by atoms with Gasteiger partial charge in [0.05, 0.1) is 31.4 Å². The number of carbonyl (C=O) groups excluding carboxylic acids is 2. The van der Waals surface area contributed by atoms with E-state index in [-0.39, 0.29) is 16.7 Å². The Morgan fingerprint density at radius 1 is 1.05 bits per heavy atom. The molecule has 0 radical (unpaired) electrons. The average molecular weight is 521 g/mol. The van der Waals surface area contributed by atoms with Gasteiger partial charge in [-0.2, -0.15) is 0 Å². The van der Waals surface area contributed by atoms with Crippen molar-refractivity contribution >= 4 is 17.4 Å². The number of aliphatic hydroxyl groups excluding tert-OH is 1. The molecule has 0 saturated carbocycles. The Morgan fingerprint density at radius 3 is 2.34 bits per heavy atom. The molecule has 2 heterocycles. The van der Waals surface area contributed by atoms with Gasteiger partial charge in [-0.15, -0.1) is 0 Å². The van der Waals surface area contributed by atoms with E-state index in [2.05, 4.69) is 25.7 Å². The van der Waals surface area contributed by atoms with E-state index in [4.69, 9.17) is 9.47 Å². The van der Waals surface area contributed by atoms with E-state index in [9.17, 15) is 14.7 Å². The fourth-order valence-corrected chi connectivity index (χ4v) is 5.02. The van der Waals surface area contributed by atoms with Gasteiger partial charge in [0.25, 0.3) is 11.7 Å². The van der Waals surface area contributed by atoms with Crippen LogP contribution in [0.5, 0.6) is 5.75 Å². The van der Waals surface area contributed by atoms with E-state index in [0.29, 0.717) is 38.5 Å². The second-order valence-electron chi connectivity index (χ2n) is 11.1. The van der Waals surface area contributed by atoms with Crippen LogP contribution in [0.4, 0.5) is 0 Å². The van der Waals surface area contributed by atoms with Gasteiger partial charge in [-0.3, -0.25) is 14.5 Å². The van der Waals surface area contributed by atoms with E-state index < -0.39 is 17.7 Å². The first-order valence-corrected chi connectivity index (χ1v) is 13.5. The molecule has 2 aliphatic heterocycles. The first kappa shape index (κ1) is 27.9. The molecule has 2 aromatic rings. The number of rotatable bonds is 8. The summed E-state index contributed by atoms with van der Waals surface area (Å²) in [6.07, 6.45) is 0.892. The molecule has 2 aromatic carbocycles. The van der Waals surface area contributed by atoms with Crippen LogP contribution in [0.25, 0.3) is 5.76 Å². The van der Waals surface area contributed by atoms with Crippen LogP contribution >= 0.6 is 0 Å². The SMILES string of the molecule is CCCOc1ccc(C(O)=C2C(=O)C(=O)N(CCN3CCOCC3)[C@H]2c2ccc(C(C)(C)C)cc2)cc1C. The molecule has 0 aromatic heterocycles. The molecule has 0 aliphatic carbocycles. The van der Waals surface area contributed by atoms with E-state index in [1.165, 1.54) is 0 Å². The minimum Gasteiger partial charge on any atom is -0.507 e. The quantitative estimate of drug-likeness (QED) is 0.305. The van der Waals surface area contributed by atoms with Crippen LogP contribution in [-0.4, -0.2) is 72.6 Å². The van der Waals surface area contributed by atoms with Crippen LogP contribution in [0.1, 0.15) is 62.4 Å². The number of aryl methyl sites for hydroxylation is 1. The smallest absolute Gasteiger partial charge is 0.295 e. The molecule has 0 spiro atoms. The van der Waals surface area contributed by atoms with Crippen LogP contribution in [0, 0.1) is 6.92 Å². The molecular formula is C31H40N2O5. The number of nitrogens with zero attached hydrogens (tertiary/aromatic N) is 2. The Hall–Kier alpha value is -3.16. The summed E-state index contributed by atoms with van der Waals surface area (Å²) in [7, 11) is 0. The summed E-state index contributed by atoms with van der Waals surface area (Å²) in [6.45, 7) is 14.9. The van der Waals surface area contributed by atoms with Crippen LogP contribution in [0.2, 0.25) is 0 Å². The van der Waals surface area contributed by atoms with Crippen molar-refractivity contribution in [3.05, 3.63) is 70.3 Å². The number of benzene rings is 2. The Balaban J connectivity index is 1.73. The largest absolute Gasteiger partial charge is 0.507 e. The lowest BCUT2D eigenvalue weighted by atomic mass is 9.85. The fourth-order valence-electron chi connectivity index (χ4n) is 5.02. The van der Waals surface area contributed by atoms with Crippen LogP contribution in [0.3, 0.4) is 0 Å². The zero-order valence-corrected chi connectivity index (χ0v) is 23.3. The van der Waals surface area contributed by atoms with Gasteiger partial charge in [0.2, 0.25) is 0 Å². The Kier molecular flexibility index (Phi) is 8.58. The molecule has 0 bridgehead atoms. The third-order valence-electron chi connectivity index (χ3n) is 7.30. The summed E-state index contributed by atoms with van der Waals surface area (Å²) in [5.41, 5.74) is 3.41. The maximum Gasteiger partial charge on any atom is 0.295 e. The van der Waals surface area contributed by atoms with E-state index >= 15 is 0 Å². The zero-order valence-electron chi connectivity index (χ0n) is 23.3. The standard InChI is InChI=1S/C31H40N2O5/c1-6-17-38-25-12-9-23(20-21(25)2)28(34)26-27(22-7-10-24(11-8-22)31(3,4)5)33(30(36)29(26)35)14-13-32-15-18-37-19-16-32/h7-12,20,27,34H,6,13-19H2,1-5H3/t27-/m0/s1. The third-order valence-corrected chi connectivity index (χ3v) is 7.30. The van der Waals surface area contributed by atoms with Crippen molar-refractivity contribution in [3.63, 3.8) is 0 Å². The molecule has 204 valence electrons. The van der Waals surface area contributed by atoms with Crippen molar-refractivity contribution in [2.45, 2.75) is 52.5 Å². The maximum absolute atomic E-state index is 13.4. The minimum atomic E-state index is -0.665. The predicted molar refractivity (Wildman–Crippen MR) is 148 cm³/mol. The van der Waals surface area contributed by atoms with Crippen molar-refractivity contribution in [3.8, 4) is 5.75 Å². The zero-order chi connectivity index (χ0) is 27.4. The van der Waals surface area contributed by atoms with Crippen LogP contribution in [0.15, 0.2) is 48.0 Å². The van der Waals surface area contributed by atoms with E-state index in [1.807, 2.05) is 44.2 Å². The van der Waals surface area contributed by atoms with Crippen LogP contribution in [-0.2, 0) is 19.7 Å². The summed E-state index contributed by atoms with van der Waals surface area (Å²) in [5, 5.41) is 11.5. The molecule has 1 N–H and O–H groups in total. The average Bonchev–Trinajstić information content (AvgIpc) is 3.16. The monoisotopic (exact) mass is 520 g/mol. The highest BCUT2D eigenvalue weighted by Crippen LogP contribution is 2.40. The van der Waals surface area contributed by atoms with Gasteiger partial charge in [-0.05, 0) is 53.6 Å². The molecule has 2 fully saturated rings. The minimum absolute atomic E-state index is 0.0320. The number of aliphatic hydroxyl groups is 1. The highest BCUT2D eigenvalue weighted by atomic mass is 16.5. The van der Waals surface area contributed by atoms with Crippen molar-refractivity contribution in [2.24, 2.45) is 0 Å². The molecule has 7 heteroatoms. The Bertz CT molecular complexity index is 1190. The summed E-state index contributed by atoms with van der Waals surface area (Å²) < 4.78 is 11.2. The molecular weight excluding hydrogens is 480 g/mol. The van der Waals surface area contributed by atoms with Gasteiger partial charge >= 0.3 is 0 Å². The summed E-state index contributed by atoms with van der Waals surface area (Å²) >= 11 is 0. The summed E-state index contributed by atoms with van der Waals surface area (Å²) in [5.74, 6) is -0.654. The number of ketones is 1. The summed E-state index contributed by atoms with van der Waals surface area (Å²) in [6, 6.07) is 12.7. The molecule has 1 amide bonds. The van der Waals surface area contributed by atoms with E-state index in [1.54, 1.807) is 17.0 Å². The molecule has 1 atom stereocenters. The van der Waals surface area contributed by atoms with Crippen molar-refractivity contribution in [1.82, 2.24) is 9.80 Å². The second-order valence-corrected chi connectivity index (χ2v) is 11.1. The normalized spacial score (nSPS) is 20.2. The Labute approximate surface area is 226 Å². The van der Waals surface area contributed by atoms with E-state index in [0.717, 1.165) is 42.0 Å². The van der Waals surface area contributed by atoms with Crippen molar-refractivity contribution in [1.29, 1.82) is 0 Å². The number of hydrogen-bond donors (Lipinski definition) is 1. The Morgan fingerprint density at radius 2 is 1.74 bits per heavy atom. The number of Topliss-reactive ketones (excluding diaryl/α,β-unsaturated/α-hetero) is 1. The van der Waals surface area contributed by atoms with Crippen molar-refractivity contribution in [2.75, 3.05) is 46.0 Å². The highest BCUT2D eigenvalue weighted by Gasteiger charge is 2.46. The fraction of sp³-hybridized carbons (Fsp3) is 0.484.